The first-order valence-corrected chi connectivity index (χ1v) is 20.5. The Balaban J connectivity index is 1.64. The lowest BCUT2D eigenvalue weighted by atomic mass is 10.0. The van der Waals surface area contributed by atoms with Crippen LogP contribution in [-0.4, -0.2) is 111 Å². The molecule has 15 N–H and O–H groups in total. The molecule has 2 aromatic heterocycles. The summed E-state index contributed by atoms with van der Waals surface area (Å²) < 4.78 is 0. The fraction of sp³-hybridized carbons (Fsp3) is 0.385. The molecule has 19 nitrogen and oxygen atoms in total. The quantitative estimate of drug-likeness (QED) is 0.0167. The number of guanidine groups is 1. The Bertz CT molecular complexity index is 2080. The van der Waals surface area contributed by atoms with Crippen LogP contribution < -0.4 is 49.5 Å². The van der Waals surface area contributed by atoms with Gasteiger partial charge in [-0.1, -0.05) is 48.5 Å². The molecule has 0 aliphatic heterocycles. The summed E-state index contributed by atoms with van der Waals surface area (Å²) in [6.45, 7) is 0.109. The second-order valence-electron chi connectivity index (χ2n) is 14.0. The summed E-state index contributed by atoms with van der Waals surface area (Å²) in [4.78, 5) is 95.4. The molecule has 4 rings (SSSR count). The monoisotopic (exact) mass is 863 g/mol. The standard InChI is InChI=1S/C39H53N13O6S2/c40-26(12-14-59)34(54)49-31(17-24-19-44-21-47-24)38(58)50-29(15-22-7-2-1-3-8-22)36(56)48-28(11-6-13-45-39(42)43)35(55)51-30(37(57)52-32(20-60)33(41)53)16-23-18-46-27-10-5-4-9-25(23)27/h1-5,7-10,18-19,21,26,28-32,46,59-60H,6,11-17,20,40H2,(H2,41,53)(H,44,47)(H,48,56)(H,49,54)(H,50,58)(H,51,55)(H,52,57)(H4,42,43,45)/t26-,28-,29+,30-,31-,32-/m0/s1. The van der Waals surface area contributed by atoms with Crippen LogP contribution in [0.3, 0.4) is 0 Å². The molecule has 2 heterocycles. The van der Waals surface area contributed by atoms with E-state index in [-0.39, 0.29) is 56.8 Å². The Hall–Kier alpha value is -6.06. The van der Waals surface area contributed by atoms with Gasteiger partial charge < -0.3 is 59.5 Å². The molecule has 0 bridgehead atoms. The lowest BCUT2D eigenvalue weighted by Gasteiger charge is -2.27. The van der Waals surface area contributed by atoms with Crippen LogP contribution in [0.1, 0.15) is 36.1 Å². The Kier molecular flexibility index (Phi) is 18.3. The molecule has 322 valence electrons. The molecule has 0 unspecified atom stereocenters. The van der Waals surface area contributed by atoms with Gasteiger partial charge in [-0.25, -0.2) is 4.98 Å². The van der Waals surface area contributed by atoms with Crippen molar-refractivity contribution >= 4 is 77.6 Å². The van der Waals surface area contributed by atoms with Crippen molar-refractivity contribution in [1.29, 1.82) is 0 Å². The van der Waals surface area contributed by atoms with Gasteiger partial charge in [-0.3, -0.25) is 33.8 Å². The number of carbonyl (C=O) groups excluding carboxylic acids is 6. The number of hydrogen-bond acceptors (Lipinski definition) is 11. The number of amides is 6. The average Bonchev–Trinajstić information content (AvgIpc) is 3.90. The van der Waals surface area contributed by atoms with E-state index in [1.54, 1.807) is 36.5 Å². The van der Waals surface area contributed by atoms with Crippen LogP contribution in [0.4, 0.5) is 0 Å². The van der Waals surface area contributed by atoms with E-state index in [9.17, 15) is 28.8 Å². The third-order valence-corrected chi connectivity index (χ3v) is 10.1. The number of hydrogen-bond donors (Lipinski definition) is 13. The van der Waals surface area contributed by atoms with Gasteiger partial charge >= 0.3 is 0 Å². The number of benzene rings is 2. The van der Waals surface area contributed by atoms with Gasteiger partial charge in [0, 0.05) is 60.6 Å². The maximum absolute atomic E-state index is 14.3. The largest absolute Gasteiger partial charge is 0.370 e. The smallest absolute Gasteiger partial charge is 0.243 e. The number of para-hydroxylation sites is 1. The summed E-state index contributed by atoms with van der Waals surface area (Å²) in [7, 11) is 0. The highest BCUT2D eigenvalue weighted by Gasteiger charge is 2.33. The van der Waals surface area contributed by atoms with E-state index < -0.39 is 71.7 Å². The first-order valence-electron chi connectivity index (χ1n) is 19.2. The molecule has 6 amide bonds. The zero-order valence-corrected chi connectivity index (χ0v) is 34.6. The number of rotatable bonds is 24. The average molecular weight is 864 g/mol. The van der Waals surface area contributed by atoms with Crippen LogP contribution in [-0.2, 0) is 48.0 Å². The number of H-pyrrole nitrogens is 2. The van der Waals surface area contributed by atoms with Crippen LogP contribution in [0.2, 0.25) is 0 Å². The van der Waals surface area contributed by atoms with E-state index in [1.807, 2.05) is 24.3 Å². The van der Waals surface area contributed by atoms with Crippen molar-refractivity contribution in [3.05, 3.63) is 90.1 Å². The van der Waals surface area contributed by atoms with Crippen molar-refractivity contribution < 1.29 is 28.8 Å². The number of aliphatic imine (C=N–C) groups is 1. The topological polar surface area (TPSA) is 323 Å². The molecule has 0 saturated carbocycles. The number of carbonyl (C=O) groups is 6. The highest BCUT2D eigenvalue weighted by molar-refractivity contribution is 7.80. The van der Waals surface area contributed by atoms with Gasteiger partial charge in [0.15, 0.2) is 5.96 Å². The normalized spacial score (nSPS) is 14.1. The number of nitrogens with two attached hydrogens (primary N) is 4. The highest BCUT2D eigenvalue weighted by atomic mass is 32.1. The molecular weight excluding hydrogens is 811 g/mol. The lowest BCUT2D eigenvalue weighted by Crippen LogP contribution is -2.60. The summed E-state index contributed by atoms with van der Waals surface area (Å²) in [5.74, 6) is -4.25. The van der Waals surface area contributed by atoms with Crippen molar-refractivity contribution in [2.45, 2.75) is 74.8 Å². The minimum Gasteiger partial charge on any atom is -0.370 e. The third-order valence-electron chi connectivity index (χ3n) is 9.46. The summed E-state index contributed by atoms with van der Waals surface area (Å²) >= 11 is 8.29. The van der Waals surface area contributed by atoms with Crippen molar-refractivity contribution in [3.8, 4) is 0 Å². The number of nitrogens with one attached hydrogen (secondary N) is 7. The van der Waals surface area contributed by atoms with Crippen molar-refractivity contribution in [1.82, 2.24) is 41.5 Å². The van der Waals surface area contributed by atoms with Crippen molar-refractivity contribution in [3.63, 3.8) is 0 Å². The van der Waals surface area contributed by atoms with Gasteiger partial charge in [0.1, 0.15) is 30.2 Å². The second-order valence-corrected chi connectivity index (χ2v) is 14.8. The molecule has 0 aliphatic rings. The van der Waals surface area contributed by atoms with Crippen LogP contribution in [0.5, 0.6) is 0 Å². The Labute approximate surface area is 357 Å². The van der Waals surface area contributed by atoms with E-state index in [0.717, 1.165) is 10.9 Å². The highest BCUT2D eigenvalue weighted by Crippen LogP contribution is 2.19. The maximum Gasteiger partial charge on any atom is 0.243 e. The molecule has 60 heavy (non-hydrogen) atoms. The zero-order chi connectivity index (χ0) is 43.6. The number of fused-ring (bicyclic) bond motifs is 1. The number of primary amides is 1. The Morgan fingerprint density at radius 1 is 0.683 bits per heavy atom. The van der Waals surface area contributed by atoms with Gasteiger partial charge in [0.25, 0.3) is 0 Å². The van der Waals surface area contributed by atoms with E-state index in [4.69, 9.17) is 22.9 Å². The van der Waals surface area contributed by atoms with Crippen molar-refractivity contribution in [2.24, 2.45) is 27.9 Å². The number of thiol groups is 2. The lowest BCUT2D eigenvalue weighted by molar-refractivity contribution is -0.135. The number of imidazole rings is 1. The van der Waals surface area contributed by atoms with Crippen LogP contribution in [0.15, 0.2) is 78.3 Å². The summed E-state index contributed by atoms with van der Waals surface area (Å²) in [6, 6.07) is 9.19. The van der Waals surface area contributed by atoms with Crippen LogP contribution in [0, 0.1) is 0 Å². The number of nitrogens with zero attached hydrogens (tertiary/aromatic N) is 2. The molecule has 6 atom stereocenters. The first-order chi connectivity index (χ1) is 28.8. The molecule has 0 spiro atoms. The predicted octanol–water partition coefficient (Wildman–Crippen LogP) is -1.54. The molecular formula is C39H53N13O6S2. The molecule has 4 aromatic rings. The first kappa shape index (κ1) is 46.6. The van der Waals surface area contributed by atoms with Gasteiger partial charge in [-0.15, -0.1) is 0 Å². The maximum atomic E-state index is 14.3. The number of aromatic amines is 2. The second kappa shape index (κ2) is 23.5. The minimum atomic E-state index is -1.28. The summed E-state index contributed by atoms with van der Waals surface area (Å²) in [5, 5.41) is 14.3. The van der Waals surface area contributed by atoms with Gasteiger partial charge in [-0.2, -0.15) is 25.3 Å². The van der Waals surface area contributed by atoms with Gasteiger partial charge in [0.2, 0.25) is 35.4 Å². The van der Waals surface area contributed by atoms with Crippen molar-refractivity contribution in [2.75, 3.05) is 18.1 Å². The van der Waals surface area contributed by atoms with Gasteiger partial charge in [-0.05, 0) is 42.2 Å². The van der Waals surface area contributed by atoms with E-state index >= 15 is 0 Å². The van der Waals surface area contributed by atoms with Gasteiger partial charge in [0.05, 0.1) is 12.4 Å². The van der Waals surface area contributed by atoms with E-state index in [2.05, 4.69) is 71.8 Å². The van der Waals surface area contributed by atoms with E-state index in [1.165, 1.54) is 12.5 Å². The molecule has 21 heteroatoms. The molecule has 0 aliphatic carbocycles. The number of aromatic nitrogens is 3. The summed E-state index contributed by atoms with van der Waals surface area (Å²) in [5.41, 5.74) is 25.3. The van der Waals surface area contributed by atoms with Crippen LogP contribution >= 0.6 is 25.3 Å². The molecule has 0 fully saturated rings. The minimum absolute atomic E-state index is 0.00384. The SMILES string of the molecule is NC(=O)[C@H](CS)NC(=O)[C@H](Cc1c[nH]c2ccccc12)NC(=O)[C@H](CCCN=C(N)N)NC(=O)[C@@H](Cc1ccccc1)NC(=O)[C@H](Cc1cnc[nH]1)NC(=O)[C@@H](N)CCS. The fourth-order valence-electron chi connectivity index (χ4n) is 6.23. The summed E-state index contributed by atoms with van der Waals surface area (Å²) in [6.07, 6.45) is 5.09. The third kappa shape index (κ3) is 14.3. The van der Waals surface area contributed by atoms with Crippen LogP contribution in [0.25, 0.3) is 10.9 Å². The zero-order valence-electron chi connectivity index (χ0n) is 32.8. The van der Waals surface area contributed by atoms with E-state index in [0.29, 0.717) is 22.6 Å². The molecule has 0 saturated heterocycles. The predicted molar refractivity (Wildman–Crippen MR) is 233 cm³/mol. The fourth-order valence-corrected chi connectivity index (χ4v) is 6.78. The molecule has 0 radical (unpaired) electrons. The Morgan fingerprint density at radius 2 is 1.27 bits per heavy atom. The Morgan fingerprint density at radius 3 is 1.88 bits per heavy atom. The molecule has 2 aromatic carbocycles.